The highest BCUT2D eigenvalue weighted by Crippen LogP contribution is 2.06. The van der Waals surface area contributed by atoms with E-state index in [-0.39, 0.29) is 0 Å². The molecular formula is C10H17P. The van der Waals surface area contributed by atoms with E-state index >= 15 is 0 Å². The van der Waals surface area contributed by atoms with E-state index in [1.165, 1.54) is 0 Å². The van der Waals surface area contributed by atoms with Crippen molar-refractivity contribution in [3.8, 4) is 0 Å². The molecule has 0 radical (unpaired) electrons. The first-order chi connectivity index (χ1) is 5.16. The Morgan fingerprint density at radius 1 is 1.55 bits per heavy atom. The standard InChI is InChI=1S/C10H17P/c1-4-10(11)8-6-5-7-9(2)3/h4-6,8-9H,1,7,11H2,2-3H3/b6-5-,10-8+. The third kappa shape index (κ3) is 7.55. The molecule has 62 valence electrons. The monoisotopic (exact) mass is 168 g/mol. The van der Waals surface area contributed by atoms with Crippen molar-refractivity contribution in [3.63, 3.8) is 0 Å². The predicted molar refractivity (Wildman–Crippen MR) is 56.6 cm³/mol. The van der Waals surface area contributed by atoms with E-state index < -0.39 is 0 Å². The fourth-order valence-electron chi connectivity index (χ4n) is 0.598. The lowest BCUT2D eigenvalue weighted by atomic mass is 10.1. The van der Waals surface area contributed by atoms with Crippen LogP contribution in [0.4, 0.5) is 0 Å². The molecule has 11 heavy (non-hydrogen) atoms. The third-order valence-corrected chi connectivity index (χ3v) is 1.70. The second-order valence-electron chi connectivity index (χ2n) is 2.93. The van der Waals surface area contributed by atoms with E-state index in [1.54, 1.807) is 0 Å². The van der Waals surface area contributed by atoms with Gasteiger partial charge in [0.2, 0.25) is 0 Å². The molecule has 0 N–H and O–H groups in total. The second-order valence-corrected chi connectivity index (χ2v) is 3.60. The zero-order valence-corrected chi connectivity index (χ0v) is 8.53. The topological polar surface area (TPSA) is 0 Å². The molecule has 0 heterocycles. The Morgan fingerprint density at radius 3 is 2.64 bits per heavy atom. The Bertz CT molecular complexity index is 164. The molecule has 0 amide bonds. The summed E-state index contributed by atoms with van der Waals surface area (Å²) in [7, 11) is 2.62. The quantitative estimate of drug-likeness (QED) is 0.445. The van der Waals surface area contributed by atoms with E-state index in [0.29, 0.717) is 0 Å². The van der Waals surface area contributed by atoms with Gasteiger partial charge in [0.15, 0.2) is 0 Å². The summed E-state index contributed by atoms with van der Waals surface area (Å²) in [6, 6.07) is 0. The molecule has 0 aliphatic heterocycles. The van der Waals surface area contributed by atoms with Gasteiger partial charge in [0.05, 0.1) is 0 Å². The fraction of sp³-hybridized carbons (Fsp3) is 0.400. The molecule has 0 fully saturated rings. The first-order valence-corrected chi connectivity index (χ1v) is 4.49. The first kappa shape index (κ1) is 10.7. The van der Waals surface area contributed by atoms with E-state index in [2.05, 4.69) is 41.8 Å². The maximum atomic E-state index is 3.65. The molecule has 1 atom stereocenters. The number of rotatable bonds is 4. The number of allylic oxidation sites excluding steroid dienone is 5. The molecule has 0 aromatic carbocycles. The van der Waals surface area contributed by atoms with E-state index in [4.69, 9.17) is 0 Å². The molecule has 1 unspecified atom stereocenters. The number of hydrogen-bond donors (Lipinski definition) is 0. The van der Waals surface area contributed by atoms with Gasteiger partial charge in [0.25, 0.3) is 0 Å². The summed E-state index contributed by atoms with van der Waals surface area (Å²) >= 11 is 0. The van der Waals surface area contributed by atoms with E-state index in [0.717, 1.165) is 17.7 Å². The van der Waals surface area contributed by atoms with Crippen LogP contribution in [0.3, 0.4) is 0 Å². The van der Waals surface area contributed by atoms with Crippen LogP contribution in [0.1, 0.15) is 20.3 Å². The fourth-order valence-corrected chi connectivity index (χ4v) is 0.709. The summed E-state index contributed by atoms with van der Waals surface area (Å²) in [5.41, 5.74) is 0. The molecule has 0 rings (SSSR count). The average molecular weight is 168 g/mol. The molecular weight excluding hydrogens is 151 g/mol. The van der Waals surface area contributed by atoms with Gasteiger partial charge in [0.1, 0.15) is 0 Å². The van der Waals surface area contributed by atoms with Crippen LogP contribution in [0.25, 0.3) is 0 Å². The molecule has 0 bridgehead atoms. The first-order valence-electron chi connectivity index (χ1n) is 3.91. The lowest BCUT2D eigenvalue weighted by Gasteiger charge is -1.94. The summed E-state index contributed by atoms with van der Waals surface area (Å²) in [4.78, 5) is 0. The molecule has 0 saturated carbocycles. The summed E-state index contributed by atoms with van der Waals surface area (Å²) in [6.07, 6.45) is 9.26. The molecule has 1 heteroatoms. The molecule has 0 aromatic rings. The van der Waals surface area contributed by atoms with Crippen molar-refractivity contribution in [2.75, 3.05) is 0 Å². The van der Waals surface area contributed by atoms with Gasteiger partial charge >= 0.3 is 0 Å². The van der Waals surface area contributed by atoms with Crippen LogP contribution in [0, 0.1) is 5.92 Å². The normalized spacial score (nSPS) is 12.9. The smallest absolute Gasteiger partial charge is 0.0309 e. The maximum Gasteiger partial charge on any atom is -0.0309 e. The van der Waals surface area contributed by atoms with Gasteiger partial charge in [0, 0.05) is 0 Å². The van der Waals surface area contributed by atoms with Crippen LogP contribution in [0.15, 0.2) is 36.2 Å². The summed E-state index contributed by atoms with van der Waals surface area (Å²) in [5, 5.41) is 1.13. The van der Waals surface area contributed by atoms with Crippen LogP contribution in [0.5, 0.6) is 0 Å². The second kappa shape index (κ2) is 6.37. The summed E-state index contributed by atoms with van der Waals surface area (Å²) < 4.78 is 0. The van der Waals surface area contributed by atoms with Crippen LogP contribution < -0.4 is 0 Å². The molecule has 0 spiro atoms. The molecule has 0 saturated heterocycles. The van der Waals surface area contributed by atoms with Crippen LogP contribution in [-0.4, -0.2) is 0 Å². The molecule has 0 aliphatic rings. The van der Waals surface area contributed by atoms with Gasteiger partial charge in [-0.2, -0.15) is 0 Å². The van der Waals surface area contributed by atoms with Gasteiger partial charge in [-0.3, -0.25) is 0 Å². The highest BCUT2D eigenvalue weighted by Gasteiger charge is 1.85. The number of hydrogen-bond acceptors (Lipinski definition) is 0. The van der Waals surface area contributed by atoms with Crippen molar-refractivity contribution in [1.82, 2.24) is 0 Å². The Kier molecular flexibility index (Phi) is 6.16. The summed E-state index contributed by atoms with van der Waals surface area (Å²) in [6.45, 7) is 8.07. The minimum absolute atomic E-state index is 0.747. The largest absolute Gasteiger partial charge is 0.106 e. The lowest BCUT2D eigenvalue weighted by molar-refractivity contribution is 0.664. The van der Waals surface area contributed by atoms with Crippen LogP contribution in [-0.2, 0) is 0 Å². The predicted octanol–water partition coefficient (Wildman–Crippen LogP) is 3.53. The van der Waals surface area contributed by atoms with Crippen molar-refractivity contribution in [2.24, 2.45) is 5.92 Å². The molecule has 0 aromatic heterocycles. The third-order valence-electron chi connectivity index (χ3n) is 1.27. The van der Waals surface area contributed by atoms with Gasteiger partial charge in [-0.15, -0.1) is 9.24 Å². The van der Waals surface area contributed by atoms with Gasteiger partial charge in [-0.1, -0.05) is 44.7 Å². The van der Waals surface area contributed by atoms with Crippen molar-refractivity contribution >= 4 is 9.24 Å². The van der Waals surface area contributed by atoms with Crippen molar-refractivity contribution in [2.45, 2.75) is 20.3 Å². The van der Waals surface area contributed by atoms with Crippen molar-refractivity contribution < 1.29 is 0 Å². The average Bonchev–Trinajstić information content (AvgIpc) is 1.97. The Hall–Kier alpha value is -0.350. The van der Waals surface area contributed by atoms with Gasteiger partial charge < -0.3 is 0 Å². The summed E-state index contributed by atoms with van der Waals surface area (Å²) in [5.74, 6) is 0.747. The van der Waals surface area contributed by atoms with Crippen LogP contribution >= 0.6 is 9.24 Å². The zero-order valence-electron chi connectivity index (χ0n) is 7.38. The van der Waals surface area contributed by atoms with Gasteiger partial charge in [-0.05, 0) is 17.7 Å². The molecule has 0 nitrogen and oxygen atoms in total. The Labute approximate surface area is 72.3 Å². The molecule has 0 aliphatic carbocycles. The highest BCUT2D eigenvalue weighted by atomic mass is 31.0. The minimum Gasteiger partial charge on any atom is -0.106 e. The van der Waals surface area contributed by atoms with Gasteiger partial charge in [-0.25, -0.2) is 0 Å². The highest BCUT2D eigenvalue weighted by molar-refractivity contribution is 7.22. The van der Waals surface area contributed by atoms with E-state index in [9.17, 15) is 0 Å². The van der Waals surface area contributed by atoms with E-state index in [1.807, 2.05) is 12.2 Å². The maximum absolute atomic E-state index is 3.65. The Morgan fingerprint density at radius 2 is 2.18 bits per heavy atom. The van der Waals surface area contributed by atoms with Crippen molar-refractivity contribution in [1.29, 1.82) is 0 Å². The minimum atomic E-state index is 0.747. The van der Waals surface area contributed by atoms with Crippen LogP contribution in [0.2, 0.25) is 0 Å². The Balaban J connectivity index is 3.67. The zero-order chi connectivity index (χ0) is 8.69. The van der Waals surface area contributed by atoms with Crippen molar-refractivity contribution in [3.05, 3.63) is 36.2 Å². The SMILES string of the molecule is C=C/C(P)=C\C=C/CC(C)C. The lowest BCUT2D eigenvalue weighted by Crippen LogP contribution is -1.80.